The number of carbonyl (C=O) groups excluding carboxylic acids is 1. The fourth-order valence-electron chi connectivity index (χ4n) is 1.45. The molecule has 3 heteroatoms. The van der Waals surface area contributed by atoms with Crippen molar-refractivity contribution in [1.29, 1.82) is 0 Å². The predicted molar refractivity (Wildman–Crippen MR) is 60.8 cm³/mol. The van der Waals surface area contributed by atoms with E-state index in [4.69, 9.17) is 11.6 Å². The molecule has 1 saturated carbocycles. The Labute approximate surface area is 94.6 Å². The van der Waals surface area contributed by atoms with E-state index in [2.05, 4.69) is 5.32 Å². The summed E-state index contributed by atoms with van der Waals surface area (Å²) in [5.41, 5.74) is 0.847. The summed E-state index contributed by atoms with van der Waals surface area (Å²) >= 11 is 6.08. The molecular formula is C12H14ClNO. The van der Waals surface area contributed by atoms with Gasteiger partial charge in [-0.3, -0.25) is 4.79 Å². The maximum Gasteiger partial charge on any atom is 0.243 e. The van der Waals surface area contributed by atoms with E-state index >= 15 is 0 Å². The molecule has 0 aliphatic heterocycles. The summed E-state index contributed by atoms with van der Waals surface area (Å²) < 4.78 is 0. The lowest BCUT2D eigenvalue weighted by Crippen LogP contribution is -2.36. The molecule has 1 aromatic carbocycles. The molecule has 80 valence electrons. The Morgan fingerprint density at radius 1 is 1.40 bits per heavy atom. The molecular weight excluding hydrogens is 210 g/mol. The topological polar surface area (TPSA) is 29.1 Å². The van der Waals surface area contributed by atoms with Crippen molar-refractivity contribution >= 4 is 17.5 Å². The van der Waals surface area contributed by atoms with Crippen LogP contribution in [0.1, 0.15) is 30.7 Å². The second-order valence-electron chi connectivity index (χ2n) is 4.32. The summed E-state index contributed by atoms with van der Waals surface area (Å²) in [5.74, 6) is -0.0946. The zero-order valence-electron chi connectivity index (χ0n) is 8.66. The van der Waals surface area contributed by atoms with Gasteiger partial charge in [0.15, 0.2) is 0 Å². The Hall–Kier alpha value is -1.02. The molecule has 2 nitrogen and oxygen atoms in total. The lowest BCUT2D eigenvalue weighted by atomic mass is 10.1. The van der Waals surface area contributed by atoms with E-state index < -0.39 is 5.38 Å². The molecule has 0 aromatic heterocycles. The van der Waals surface area contributed by atoms with Crippen LogP contribution in [0.3, 0.4) is 0 Å². The van der Waals surface area contributed by atoms with Crippen LogP contribution in [0.4, 0.5) is 0 Å². The Balaban J connectivity index is 2.01. The molecule has 0 spiro atoms. The number of amides is 1. The molecule has 1 unspecified atom stereocenters. The molecule has 1 N–H and O–H groups in total. The Kier molecular flexibility index (Phi) is 2.70. The summed E-state index contributed by atoms with van der Waals surface area (Å²) in [5, 5.41) is 2.38. The molecule has 1 aliphatic rings. The molecule has 1 aliphatic carbocycles. The van der Waals surface area contributed by atoms with Crippen LogP contribution in [-0.2, 0) is 4.79 Å². The summed E-state index contributed by atoms with van der Waals surface area (Å²) in [4.78, 5) is 11.8. The van der Waals surface area contributed by atoms with Gasteiger partial charge in [0.2, 0.25) is 5.91 Å². The van der Waals surface area contributed by atoms with Crippen molar-refractivity contribution < 1.29 is 4.79 Å². The van der Waals surface area contributed by atoms with E-state index in [1.165, 1.54) is 0 Å². The second kappa shape index (κ2) is 3.86. The van der Waals surface area contributed by atoms with Crippen LogP contribution < -0.4 is 5.32 Å². The van der Waals surface area contributed by atoms with Crippen LogP contribution >= 0.6 is 11.6 Å². The van der Waals surface area contributed by atoms with Crippen molar-refractivity contribution in [3.05, 3.63) is 35.9 Å². The van der Waals surface area contributed by atoms with Crippen LogP contribution in [0.2, 0.25) is 0 Å². The normalized spacial score (nSPS) is 19.3. The van der Waals surface area contributed by atoms with E-state index in [0.29, 0.717) is 0 Å². The van der Waals surface area contributed by atoms with Crippen LogP contribution in [0.15, 0.2) is 30.3 Å². The van der Waals surface area contributed by atoms with Gasteiger partial charge in [-0.1, -0.05) is 30.3 Å². The molecule has 2 rings (SSSR count). The monoisotopic (exact) mass is 223 g/mol. The maximum atomic E-state index is 11.8. The van der Waals surface area contributed by atoms with Crippen LogP contribution in [-0.4, -0.2) is 11.4 Å². The van der Waals surface area contributed by atoms with Crippen LogP contribution in [0.25, 0.3) is 0 Å². The molecule has 1 fully saturated rings. The second-order valence-corrected chi connectivity index (χ2v) is 4.76. The Bertz CT molecular complexity index is 359. The van der Waals surface area contributed by atoms with Gasteiger partial charge < -0.3 is 5.32 Å². The van der Waals surface area contributed by atoms with Gasteiger partial charge >= 0.3 is 0 Å². The first-order valence-corrected chi connectivity index (χ1v) is 5.55. The third-order valence-electron chi connectivity index (χ3n) is 2.75. The lowest BCUT2D eigenvalue weighted by Gasteiger charge is -2.15. The van der Waals surface area contributed by atoms with E-state index in [1.807, 2.05) is 37.3 Å². The minimum atomic E-state index is -0.580. The van der Waals surface area contributed by atoms with Crippen molar-refractivity contribution in [1.82, 2.24) is 5.32 Å². The van der Waals surface area contributed by atoms with Gasteiger partial charge in [0.25, 0.3) is 0 Å². The summed E-state index contributed by atoms with van der Waals surface area (Å²) in [6.07, 6.45) is 2.11. The van der Waals surface area contributed by atoms with E-state index in [9.17, 15) is 4.79 Å². The minimum Gasteiger partial charge on any atom is -0.349 e. The smallest absolute Gasteiger partial charge is 0.243 e. The third-order valence-corrected chi connectivity index (χ3v) is 3.20. The quantitative estimate of drug-likeness (QED) is 0.785. The summed E-state index contributed by atoms with van der Waals surface area (Å²) in [6.45, 7) is 2.04. The highest BCUT2D eigenvalue weighted by Gasteiger charge is 2.39. The SMILES string of the molecule is CC1(NC(=O)C(Cl)c2ccccc2)CC1. The lowest BCUT2D eigenvalue weighted by molar-refractivity contribution is -0.121. The summed E-state index contributed by atoms with van der Waals surface area (Å²) in [7, 11) is 0. The number of rotatable bonds is 3. The number of hydrogen-bond donors (Lipinski definition) is 1. The maximum absolute atomic E-state index is 11.8. The molecule has 15 heavy (non-hydrogen) atoms. The fourth-order valence-corrected chi connectivity index (χ4v) is 1.65. The average molecular weight is 224 g/mol. The van der Waals surface area contributed by atoms with Gasteiger partial charge in [-0.05, 0) is 25.3 Å². The first kappa shape index (κ1) is 10.5. The van der Waals surface area contributed by atoms with Gasteiger partial charge in [0, 0.05) is 5.54 Å². The molecule has 1 atom stereocenters. The van der Waals surface area contributed by atoms with Crippen molar-refractivity contribution in [2.75, 3.05) is 0 Å². The molecule has 0 radical (unpaired) electrons. The predicted octanol–water partition coefficient (Wildman–Crippen LogP) is 2.64. The first-order chi connectivity index (χ1) is 7.11. The number of halogens is 1. The van der Waals surface area contributed by atoms with Gasteiger partial charge in [-0.2, -0.15) is 0 Å². The standard InChI is InChI=1S/C12H14ClNO/c1-12(7-8-12)14-11(15)10(13)9-5-3-2-4-6-9/h2-6,10H,7-8H2,1H3,(H,14,15). The van der Waals surface area contributed by atoms with Crippen LogP contribution in [0, 0.1) is 0 Å². The van der Waals surface area contributed by atoms with Gasteiger partial charge in [0.05, 0.1) is 0 Å². The van der Waals surface area contributed by atoms with Crippen molar-refractivity contribution in [2.24, 2.45) is 0 Å². The molecule has 0 heterocycles. The number of carbonyl (C=O) groups is 1. The fraction of sp³-hybridized carbons (Fsp3) is 0.417. The number of nitrogens with one attached hydrogen (secondary N) is 1. The van der Waals surface area contributed by atoms with Crippen LogP contribution in [0.5, 0.6) is 0 Å². The van der Waals surface area contributed by atoms with Crippen molar-refractivity contribution in [2.45, 2.75) is 30.7 Å². The molecule has 0 saturated heterocycles. The Morgan fingerprint density at radius 3 is 2.53 bits per heavy atom. The average Bonchev–Trinajstić information content (AvgIpc) is 2.96. The van der Waals surface area contributed by atoms with Gasteiger partial charge in [0.1, 0.15) is 5.38 Å². The third kappa shape index (κ3) is 2.51. The van der Waals surface area contributed by atoms with Crippen molar-refractivity contribution in [3.8, 4) is 0 Å². The zero-order chi connectivity index (χ0) is 10.9. The first-order valence-electron chi connectivity index (χ1n) is 5.12. The van der Waals surface area contributed by atoms with E-state index in [1.54, 1.807) is 0 Å². The number of alkyl halides is 1. The minimum absolute atomic E-state index is 0.000988. The zero-order valence-corrected chi connectivity index (χ0v) is 9.42. The molecule has 1 aromatic rings. The van der Waals surface area contributed by atoms with Gasteiger partial charge in [-0.25, -0.2) is 0 Å². The largest absolute Gasteiger partial charge is 0.349 e. The highest BCUT2D eigenvalue weighted by atomic mass is 35.5. The molecule has 1 amide bonds. The Morgan fingerprint density at radius 2 is 2.00 bits per heavy atom. The highest BCUT2D eigenvalue weighted by Crippen LogP contribution is 2.35. The number of hydrogen-bond acceptors (Lipinski definition) is 1. The number of benzene rings is 1. The van der Waals surface area contributed by atoms with E-state index in [0.717, 1.165) is 18.4 Å². The van der Waals surface area contributed by atoms with Crippen molar-refractivity contribution in [3.63, 3.8) is 0 Å². The highest BCUT2D eigenvalue weighted by molar-refractivity contribution is 6.30. The van der Waals surface area contributed by atoms with Gasteiger partial charge in [-0.15, -0.1) is 11.6 Å². The van der Waals surface area contributed by atoms with E-state index in [-0.39, 0.29) is 11.4 Å². The summed E-state index contributed by atoms with van der Waals surface area (Å²) in [6, 6.07) is 9.42. The molecule has 0 bridgehead atoms.